The number of benzene rings is 1. The largest absolute Gasteiger partial charge is 0.370 e. The maximum atomic E-state index is 11.6. The molecule has 1 aromatic carbocycles. The molecule has 3 rings (SSSR count). The molecule has 1 N–H and O–H groups in total. The molecule has 104 valence electrons. The van der Waals surface area contributed by atoms with Crippen LogP contribution < -0.4 is 10.2 Å². The normalized spacial score (nSPS) is 20.9. The van der Waals surface area contributed by atoms with Crippen molar-refractivity contribution in [2.75, 3.05) is 18.0 Å². The molecule has 0 unspecified atom stereocenters. The van der Waals surface area contributed by atoms with Gasteiger partial charge in [0, 0.05) is 18.7 Å². The van der Waals surface area contributed by atoms with Crippen LogP contribution in [0.25, 0.3) is 6.08 Å². The van der Waals surface area contributed by atoms with Crippen molar-refractivity contribution in [2.24, 2.45) is 0 Å². The van der Waals surface area contributed by atoms with Gasteiger partial charge in [0.15, 0.2) is 0 Å². The number of carbonyl (C=O) groups excluding carboxylic acids is 2. The Kier molecular flexibility index (Phi) is 3.72. The second kappa shape index (κ2) is 5.50. The number of halogens is 1. The molecule has 2 fully saturated rings. The van der Waals surface area contributed by atoms with Crippen LogP contribution in [0.4, 0.5) is 10.5 Å². The Morgan fingerprint density at radius 1 is 1.25 bits per heavy atom. The average molecular weight is 309 g/mol. The molecule has 6 heteroatoms. The van der Waals surface area contributed by atoms with Gasteiger partial charge < -0.3 is 4.90 Å². The predicted molar refractivity (Wildman–Crippen MR) is 82.0 cm³/mol. The average Bonchev–Trinajstić information content (AvgIpc) is 3.00. The summed E-state index contributed by atoms with van der Waals surface area (Å²) >= 11 is 7.24. The topological polar surface area (TPSA) is 49.4 Å². The second-order valence-corrected chi connectivity index (χ2v) is 6.15. The molecule has 0 atom stereocenters. The molecule has 2 aliphatic heterocycles. The third kappa shape index (κ3) is 2.55. The van der Waals surface area contributed by atoms with E-state index in [0.29, 0.717) is 9.93 Å². The van der Waals surface area contributed by atoms with E-state index in [0.717, 1.165) is 48.9 Å². The van der Waals surface area contributed by atoms with Gasteiger partial charge in [-0.3, -0.25) is 14.9 Å². The highest BCUT2D eigenvalue weighted by atomic mass is 35.5. The summed E-state index contributed by atoms with van der Waals surface area (Å²) in [6.07, 6.45) is 4.04. The molecule has 0 aromatic heterocycles. The molecule has 0 bridgehead atoms. The van der Waals surface area contributed by atoms with Crippen LogP contribution in [0.5, 0.6) is 0 Å². The standard InChI is InChI=1S/C14H13ClN2O2S/c15-10-5-3-4-9(12(10)17-6-1-2-7-17)8-11-13(18)16-14(19)20-11/h3-5,8H,1-2,6-7H2,(H,16,18,19)/b11-8-. The number of imide groups is 1. The minimum absolute atomic E-state index is 0.328. The summed E-state index contributed by atoms with van der Waals surface area (Å²) in [4.78, 5) is 25.5. The number of anilines is 1. The van der Waals surface area contributed by atoms with Gasteiger partial charge in [-0.25, -0.2) is 0 Å². The Bertz CT molecular complexity index is 609. The van der Waals surface area contributed by atoms with Gasteiger partial charge in [-0.1, -0.05) is 23.7 Å². The van der Waals surface area contributed by atoms with Gasteiger partial charge in [0.2, 0.25) is 0 Å². The Morgan fingerprint density at radius 3 is 2.65 bits per heavy atom. The Labute approximate surface area is 126 Å². The van der Waals surface area contributed by atoms with E-state index >= 15 is 0 Å². The number of carbonyl (C=O) groups is 2. The second-order valence-electron chi connectivity index (χ2n) is 4.72. The van der Waals surface area contributed by atoms with Crippen LogP contribution in [0.1, 0.15) is 18.4 Å². The zero-order valence-electron chi connectivity index (χ0n) is 10.7. The maximum absolute atomic E-state index is 11.6. The van der Waals surface area contributed by atoms with Crippen LogP contribution in [-0.4, -0.2) is 24.2 Å². The molecule has 2 heterocycles. The van der Waals surface area contributed by atoms with Crippen molar-refractivity contribution in [1.82, 2.24) is 5.32 Å². The van der Waals surface area contributed by atoms with E-state index in [1.165, 1.54) is 0 Å². The fourth-order valence-corrected chi connectivity index (χ4v) is 3.46. The fourth-order valence-electron chi connectivity index (χ4n) is 2.49. The first-order valence-corrected chi connectivity index (χ1v) is 7.63. The van der Waals surface area contributed by atoms with Crippen molar-refractivity contribution in [2.45, 2.75) is 12.8 Å². The van der Waals surface area contributed by atoms with Crippen LogP contribution in [-0.2, 0) is 4.79 Å². The molecule has 0 aliphatic carbocycles. The third-order valence-electron chi connectivity index (χ3n) is 3.37. The number of rotatable bonds is 2. The van der Waals surface area contributed by atoms with Gasteiger partial charge in [0.25, 0.3) is 11.1 Å². The summed E-state index contributed by atoms with van der Waals surface area (Å²) in [6, 6.07) is 5.63. The van der Waals surface area contributed by atoms with E-state index < -0.39 is 0 Å². The number of amides is 2. The van der Waals surface area contributed by atoms with Gasteiger partial charge in [0.1, 0.15) is 0 Å². The Morgan fingerprint density at radius 2 is 2.00 bits per heavy atom. The quantitative estimate of drug-likeness (QED) is 0.852. The van der Waals surface area contributed by atoms with Crippen molar-refractivity contribution in [1.29, 1.82) is 0 Å². The van der Waals surface area contributed by atoms with Crippen molar-refractivity contribution in [3.8, 4) is 0 Å². The van der Waals surface area contributed by atoms with E-state index in [9.17, 15) is 9.59 Å². The lowest BCUT2D eigenvalue weighted by atomic mass is 10.1. The van der Waals surface area contributed by atoms with Crippen molar-refractivity contribution >= 4 is 46.3 Å². The van der Waals surface area contributed by atoms with Gasteiger partial charge in [-0.05, 0) is 36.7 Å². The summed E-state index contributed by atoms with van der Waals surface area (Å²) in [6.45, 7) is 1.94. The van der Waals surface area contributed by atoms with Crippen molar-refractivity contribution < 1.29 is 9.59 Å². The molecule has 0 spiro atoms. The molecule has 0 radical (unpaired) electrons. The predicted octanol–water partition coefficient (Wildman–Crippen LogP) is 3.26. The lowest BCUT2D eigenvalue weighted by Crippen LogP contribution is -2.19. The number of para-hydroxylation sites is 1. The number of nitrogens with one attached hydrogen (secondary N) is 1. The zero-order valence-corrected chi connectivity index (χ0v) is 12.3. The lowest BCUT2D eigenvalue weighted by molar-refractivity contribution is -0.115. The first kappa shape index (κ1) is 13.5. The van der Waals surface area contributed by atoms with Gasteiger partial charge in [-0.15, -0.1) is 0 Å². The van der Waals surface area contributed by atoms with Crippen LogP contribution in [0.2, 0.25) is 5.02 Å². The van der Waals surface area contributed by atoms with E-state index in [2.05, 4.69) is 10.2 Å². The maximum Gasteiger partial charge on any atom is 0.290 e. The van der Waals surface area contributed by atoms with Crippen LogP contribution >= 0.6 is 23.4 Å². The van der Waals surface area contributed by atoms with Gasteiger partial charge in [-0.2, -0.15) is 0 Å². The fraction of sp³-hybridized carbons (Fsp3) is 0.286. The number of hydrogen-bond acceptors (Lipinski definition) is 4. The molecule has 4 nitrogen and oxygen atoms in total. The van der Waals surface area contributed by atoms with Crippen LogP contribution in [0.3, 0.4) is 0 Å². The van der Waals surface area contributed by atoms with Gasteiger partial charge >= 0.3 is 0 Å². The summed E-state index contributed by atoms with van der Waals surface area (Å²) in [5, 5.41) is 2.61. The van der Waals surface area contributed by atoms with E-state index in [1.807, 2.05) is 18.2 Å². The van der Waals surface area contributed by atoms with E-state index in [-0.39, 0.29) is 11.1 Å². The monoisotopic (exact) mass is 308 g/mol. The highest BCUT2D eigenvalue weighted by Gasteiger charge is 2.26. The molecule has 2 saturated heterocycles. The van der Waals surface area contributed by atoms with Crippen LogP contribution in [0, 0.1) is 0 Å². The van der Waals surface area contributed by atoms with E-state index in [1.54, 1.807) is 6.08 Å². The molecular formula is C14H13ClN2O2S. The van der Waals surface area contributed by atoms with Crippen molar-refractivity contribution in [3.63, 3.8) is 0 Å². The smallest absolute Gasteiger partial charge is 0.290 e. The number of nitrogens with zero attached hydrogens (tertiary/aromatic N) is 1. The number of thioether (sulfide) groups is 1. The lowest BCUT2D eigenvalue weighted by Gasteiger charge is -2.21. The zero-order chi connectivity index (χ0) is 14.1. The summed E-state index contributed by atoms with van der Waals surface area (Å²) in [5.74, 6) is -0.340. The van der Waals surface area contributed by atoms with Gasteiger partial charge in [0.05, 0.1) is 15.6 Å². The van der Waals surface area contributed by atoms with Crippen molar-refractivity contribution in [3.05, 3.63) is 33.7 Å². The molecule has 20 heavy (non-hydrogen) atoms. The summed E-state index contributed by atoms with van der Waals surface area (Å²) in [7, 11) is 0. The Balaban J connectivity index is 2.01. The minimum Gasteiger partial charge on any atom is -0.370 e. The highest BCUT2D eigenvalue weighted by Crippen LogP contribution is 2.35. The first-order valence-electron chi connectivity index (χ1n) is 6.43. The van der Waals surface area contributed by atoms with Crippen LogP contribution in [0.15, 0.2) is 23.1 Å². The number of hydrogen-bond donors (Lipinski definition) is 1. The molecule has 1 aromatic rings. The summed E-state index contributed by atoms with van der Waals surface area (Å²) in [5.41, 5.74) is 1.83. The summed E-state index contributed by atoms with van der Waals surface area (Å²) < 4.78 is 0. The molecule has 0 saturated carbocycles. The first-order chi connectivity index (χ1) is 9.65. The SMILES string of the molecule is O=C1NC(=O)/C(=C/c2cccc(Cl)c2N2CCCC2)S1. The molecule has 2 amide bonds. The highest BCUT2D eigenvalue weighted by molar-refractivity contribution is 8.18. The molecule has 2 aliphatic rings. The third-order valence-corrected chi connectivity index (χ3v) is 4.48. The van der Waals surface area contributed by atoms with E-state index in [4.69, 9.17) is 11.6 Å². The molecular weight excluding hydrogens is 296 g/mol. The minimum atomic E-state index is -0.340. The Hall–Kier alpha value is -1.46.